The van der Waals surface area contributed by atoms with Crippen LogP contribution in [0.5, 0.6) is 0 Å². The second-order valence-corrected chi connectivity index (χ2v) is 16.6. The minimum absolute atomic E-state index is 0.0129. The maximum atomic E-state index is 13.2. The molecule has 0 rings (SSSR count). The Balaban J connectivity index is 4.82. The molecule has 0 aromatic carbocycles. The standard InChI is InChI=1S/C57H93NO5/c1-4-7-10-13-16-19-21-23-25-27-28-29-31-33-35-38-41-44-47-50-57(62)63-53(48-45-42-39-37-34-32-30-26-24-22-20-17-14-11-8-5-2)51-56(61)58-54(52-59)55(60)49-46-43-40-36-18-15-12-9-6-3/h7,10,16-17,19-20,22-26,28-30,32-35,41,44,53-55,59-60H,4-6,8-9,11-15,18,21,27,31,36-40,42-43,45-52H2,1-3H3,(H,58,61)/b10-7-,19-16-,20-17+,24-22+,25-23-,29-28-,30-26+,34-32+,35-33-,44-41-. The number of esters is 1. The van der Waals surface area contributed by atoms with E-state index in [9.17, 15) is 19.8 Å². The summed E-state index contributed by atoms with van der Waals surface area (Å²) in [7, 11) is 0. The Morgan fingerprint density at radius 1 is 0.492 bits per heavy atom. The highest BCUT2D eigenvalue weighted by molar-refractivity contribution is 5.77. The summed E-state index contributed by atoms with van der Waals surface area (Å²) in [6.07, 6.45) is 68.4. The van der Waals surface area contributed by atoms with Gasteiger partial charge in [0, 0.05) is 6.42 Å². The van der Waals surface area contributed by atoms with Crippen LogP contribution in [0.1, 0.15) is 201 Å². The Morgan fingerprint density at radius 2 is 0.921 bits per heavy atom. The van der Waals surface area contributed by atoms with Gasteiger partial charge in [0.1, 0.15) is 6.10 Å². The van der Waals surface area contributed by atoms with Gasteiger partial charge in [0.05, 0.1) is 25.2 Å². The van der Waals surface area contributed by atoms with Crippen molar-refractivity contribution in [1.29, 1.82) is 0 Å². The molecule has 0 fully saturated rings. The predicted octanol–water partition coefficient (Wildman–Crippen LogP) is 15.3. The summed E-state index contributed by atoms with van der Waals surface area (Å²) < 4.78 is 5.87. The fourth-order valence-electron chi connectivity index (χ4n) is 6.82. The first-order chi connectivity index (χ1) is 31.0. The van der Waals surface area contributed by atoms with Crippen molar-refractivity contribution in [2.45, 2.75) is 219 Å². The largest absolute Gasteiger partial charge is 0.462 e. The molecule has 6 nitrogen and oxygen atoms in total. The van der Waals surface area contributed by atoms with Gasteiger partial charge >= 0.3 is 5.97 Å². The van der Waals surface area contributed by atoms with E-state index in [1.807, 2.05) is 24.3 Å². The van der Waals surface area contributed by atoms with E-state index in [0.29, 0.717) is 19.3 Å². The normalized spacial score (nSPS) is 14.3. The van der Waals surface area contributed by atoms with Crippen molar-refractivity contribution in [2.24, 2.45) is 0 Å². The summed E-state index contributed by atoms with van der Waals surface area (Å²) in [5.74, 6) is -0.627. The molecular formula is C57H93NO5. The third-order valence-electron chi connectivity index (χ3n) is 10.6. The number of carbonyl (C=O) groups excluding carboxylic acids is 2. The van der Waals surface area contributed by atoms with Gasteiger partial charge in [-0.05, 0) is 89.9 Å². The average molecular weight is 872 g/mol. The van der Waals surface area contributed by atoms with Gasteiger partial charge in [0.15, 0.2) is 0 Å². The van der Waals surface area contributed by atoms with Crippen molar-refractivity contribution < 1.29 is 24.5 Å². The van der Waals surface area contributed by atoms with Crippen LogP contribution >= 0.6 is 0 Å². The molecule has 3 atom stereocenters. The van der Waals surface area contributed by atoms with Gasteiger partial charge in [-0.1, -0.05) is 219 Å². The number of rotatable bonds is 43. The summed E-state index contributed by atoms with van der Waals surface area (Å²) in [5, 5.41) is 23.6. The molecule has 1 amide bonds. The lowest BCUT2D eigenvalue weighted by Gasteiger charge is -2.24. The van der Waals surface area contributed by atoms with Crippen molar-refractivity contribution in [3.8, 4) is 0 Å². The van der Waals surface area contributed by atoms with Crippen molar-refractivity contribution in [1.82, 2.24) is 5.32 Å². The zero-order valence-electron chi connectivity index (χ0n) is 40.4. The number of unbranched alkanes of at least 4 members (excludes halogenated alkanes) is 14. The molecule has 3 N–H and O–H groups in total. The summed E-state index contributed by atoms with van der Waals surface area (Å²) in [5.41, 5.74) is 0. The molecule has 0 saturated heterocycles. The minimum atomic E-state index is -0.818. The van der Waals surface area contributed by atoms with Gasteiger partial charge in [0.25, 0.3) is 0 Å². The highest BCUT2D eigenvalue weighted by Crippen LogP contribution is 2.16. The van der Waals surface area contributed by atoms with Gasteiger partial charge in [-0.3, -0.25) is 9.59 Å². The fourth-order valence-corrected chi connectivity index (χ4v) is 6.82. The van der Waals surface area contributed by atoms with Crippen molar-refractivity contribution in [3.63, 3.8) is 0 Å². The summed E-state index contributed by atoms with van der Waals surface area (Å²) >= 11 is 0. The number of aliphatic hydroxyl groups is 2. The third kappa shape index (κ3) is 44.7. The van der Waals surface area contributed by atoms with E-state index in [1.54, 1.807) is 0 Å². The van der Waals surface area contributed by atoms with E-state index in [4.69, 9.17) is 4.74 Å². The molecule has 63 heavy (non-hydrogen) atoms. The van der Waals surface area contributed by atoms with Crippen LogP contribution in [-0.2, 0) is 14.3 Å². The van der Waals surface area contributed by atoms with Crippen molar-refractivity contribution in [3.05, 3.63) is 122 Å². The number of amides is 1. The van der Waals surface area contributed by atoms with E-state index in [-0.39, 0.29) is 31.3 Å². The van der Waals surface area contributed by atoms with Crippen LogP contribution in [0.2, 0.25) is 0 Å². The second-order valence-electron chi connectivity index (χ2n) is 16.6. The van der Waals surface area contributed by atoms with E-state index < -0.39 is 18.2 Å². The van der Waals surface area contributed by atoms with Crippen molar-refractivity contribution >= 4 is 11.9 Å². The highest BCUT2D eigenvalue weighted by atomic mass is 16.5. The second kappa shape index (κ2) is 49.3. The van der Waals surface area contributed by atoms with Crippen LogP contribution in [0.4, 0.5) is 0 Å². The molecule has 6 heteroatoms. The molecule has 0 heterocycles. The Labute approximate surface area is 387 Å². The van der Waals surface area contributed by atoms with Gasteiger partial charge in [-0.15, -0.1) is 0 Å². The SMILES string of the molecule is CC/C=C\C/C=C\C/C=C\C/C=C\C/C=C\C/C=C\CCC(=O)OC(CCCCC/C=C/C=C/C=C/C=C/CCCCC)CC(=O)NC(CO)C(O)CCCCCCCCCCC. The number of ether oxygens (including phenoxy) is 1. The molecule has 0 aliphatic rings. The lowest BCUT2D eigenvalue weighted by Crippen LogP contribution is -2.46. The van der Waals surface area contributed by atoms with Crippen LogP contribution in [-0.4, -0.2) is 46.9 Å². The van der Waals surface area contributed by atoms with E-state index in [2.05, 4.69) is 123 Å². The Bertz CT molecular complexity index is 1350. The Hall–Kier alpha value is -3.74. The third-order valence-corrected chi connectivity index (χ3v) is 10.6. The summed E-state index contributed by atoms with van der Waals surface area (Å²) in [6, 6.07) is -0.737. The quantitative estimate of drug-likeness (QED) is 0.0245. The maximum Gasteiger partial charge on any atom is 0.306 e. The lowest BCUT2D eigenvalue weighted by molar-refractivity contribution is -0.150. The van der Waals surface area contributed by atoms with Gasteiger partial charge < -0.3 is 20.3 Å². The molecule has 0 aliphatic carbocycles. The van der Waals surface area contributed by atoms with E-state index in [1.165, 1.54) is 57.8 Å². The van der Waals surface area contributed by atoms with E-state index in [0.717, 1.165) is 89.9 Å². The Kier molecular flexibility index (Phi) is 46.4. The van der Waals surface area contributed by atoms with Crippen LogP contribution in [0.15, 0.2) is 122 Å². The number of allylic oxidation sites excluding steroid dienone is 20. The Morgan fingerprint density at radius 3 is 1.44 bits per heavy atom. The van der Waals surface area contributed by atoms with Crippen LogP contribution in [0.3, 0.4) is 0 Å². The summed E-state index contributed by atoms with van der Waals surface area (Å²) in [6.45, 7) is 6.26. The summed E-state index contributed by atoms with van der Waals surface area (Å²) in [4.78, 5) is 26.1. The molecule has 356 valence electrons. The first-order valence-electron chi connectivity index (χ1n) is 25.3. The van der Waals surface area contributed by atoms with E-state index >= 15 is 0 Å². The van der Waals surface area contributed by atoms with Crippen molar-refractivity contribution in [2.75, 3.05) is 6.61 Å². The molecule has 0 aliphatic heterocycles. The van der Waals surface area contributed by atoms with Crippen LogP contribution < -0.4 is 5.32 Å². The molecule has 3 unspecified atom stereocenters. The molecule has 0 aromatic heterocycles. The minimum Gasteiger partial charge on any atom is -0.462 e. The number of aliphatic hydroxyl groups excluding tert-OH is 2. The van der Waals surface area contributed by atoms with Gasteiger partial charge in [0.2, 0.25) is 5.91 Å². The number of hydrogen-bond acceptors (Lipinski definition) is 5. The van der Waals surface area contributed by atoms with Crippen LogP contribution in [0, 0.1) is 0 Å². The lowest BCUT2D eigenvalue weighted by atomic mass is 10.0. The molecule has 0 spiro atoms. The first-order valence-corrected chi connectivity index (χ1v) is 25.3. The number of nitrogens with one attached hydrogen (secondary N) is 1. The van der Waals surface area contributed by atoms with Gasteiger partial charge in [-0.2, -0.15) is 0 Å². The molecule has 0 aromatic rings. The first kappa shape index (κ1) is 59.3. The maximum absolute atomic E-state index is 13.2. The number of hydrogen-bond donors (Lipinski definition) is 3. The topological polar surface area (TPSA) is 95.9 Å². The molecular weight excluding hydrogens is 779 g/mol. The van der Waals surface area contributed by atoms with Crippen LogP contribution in [0.25, 0.3) is 0 Å². The fraction of sp³-hybridized carbons (Fsp3) is 0.614. The average Bonchev–Trinajstić information content (AvgIpc) is 3.28. The smallest absolute Gasteiger partial charge is 0.306 e. The molecule has 0 saturated carbocycles. The monoisotopic (exact) mass is 872 g/mol. The van der Waals surface area contributed by atoms with Gasteiger partial charge in [-0.25, -0.2) is 0 Å². The molecule has 0 bridgehead atoms. The molecule has 0 radical (unpaired) electrons. The zero-order valence-corrected chi connectivity index (χ0v) is 40.4. The zero-order chi connectivity index (χ0) is 45.9. The predicted molar refractivity (Wildman–Crippen MR) is 273 cm³/mol. The number of carbonyl (C=O) groups is 2. The highest BCUT2D eigenvalue weighted by Gasteiger charge is 2.24.